The number of hydrogen-bond acceptors (Lipinski definition) is 4. The summed E-state index contributed by atoms with van der Waals surface area (Å²) >= 11 is 0. The summed E-state index contributed by atoms with van der Waals surface area (Å²) in [6.07, 6.45) is 3.17. The van der Waals surface area contributed by atoms with Gasteiger partial charge in [-0.15, -0.1) is 0 Å². The predicted octanol–water partition coefficient (Wildman–Crippen LogP) is 2.18. The number of hydrogen-bond donors (Lipinski definition) is 1. The molecule has 0 radical (unpaired) electrons. The zero-order valence-corrected chi connectivity index (χ0v) is 11.3. The van der Waals surface area contributed by atoms with Crippen molar-refractivity contribution >= 4 is 11.8 Å². The Morgan fingerprint density at radius 3 is 2.50 bits per heavy atom. The zero-order valence-electron chi connectivity index (χ0n) is 11.3. The van der Waals surface area contributed by atoms with Crippen molar-refractivity contribution in [3.63, 3.8) is 0 Å². The monoisotopic (exact) mass is 269 g/mol. The highest BCUT2D eigenvalue weighted by Crippen LogP contribution is 2.10. The lowest BCUT2D eigenvalue weighted by molar-refractivity contribution is 0.0516. The molecule has 0 fully saturated rings. The molecule has 0 saturated carbocycles. The second-order valence-corrected chi connectivity index (χ2v) is 4.47. The van der Waals surface area contributed by atoms with E-state index < -0.39 is 5.97 Å². The lowest BCUT2D eigenvalue weighted by atomic mass is 10.1. The van der Waals surface area contributed by atoms with Crippen LogP contribution in [0.4, 0.5) is 0 Å². The topological polar surface area (TPSA) is 77.6 Å². The minimum Gasteiger partial charge on any atom is -0.380 e. The van der Waals surface area contributed by atoms with E-state index in [1.165, 1.54) is 0 Å². The molecule has 1 aromatic carbocycles. The van der Waals surface area contributed by atoms with Crippen LogP contribution in [0.5, 0.6) is 0 Å². The fourth-order valence-electron chi connectivity index (χ4n) is 1.80. The van der Waals surface area contributed by atoms with Crippen LogP contribution in [0.25, 0.3) is 0 Å². The van der Waals surface area contributed by atoms with Crippen LogP contribution in [0.15, 0.2) is 47.9 Å². The highest BCUT2D eigenvalue weighted by atomic mass is 16.7. The standard InChI is InChI=1S/C15H15N3O2/c1-10-6-11(2)8-13(7-10)15(19)20-18-14(16)12-4-3-5-17-9-12/h3-9H,1-2H3,(H2,16,18). The minimum atomic E-state index is -0.538. The van der Waals surface area contributed by atoms with Crippen LogP contribution in [0, 0.1) is 13.8 Å². The molecule has 102 valence electrons. The average Bonchev–Trinajstić information content (AvgIpc) is 2.44. The Hall–Kier alpha value is -2.69. The fourth-order valence-corrected chi connectivity index (χ4v) is 1.80. The first-order valence-corrected chi connectivity index (χ1v) is 6.10. The summed E-state index contributed by atoms with van der Waals surface area (Å²) in [6.45, 7) is 3.83. The van der Waals surface area contributed by atoms with Gasteiger partial charge in [-0.25, -0.2) is 4.79 Å². The molecule has 2 rings (SSSR count). The molecular formula is C15H15N3O2. The maximum Gasteiger partial charge on any atom is 0.365 e. The lowest BCUT2D eigenvalue weighted by Gasteiger charge is -2.03. The molecule has 5 nitrogen and oxygen atoms in total. The summed E-state index contributed by atoms with van der Waals surface area (Å²) in [7, 11) is 0. The van der Waals surface area contributed by atoms with Gasteiger partial charge in [0.25, 0.3) is 0 Å². The Labute approximate surface area is 117 Å². The summed E-state index contributed by atoms with van der Waals surface area (Å²) in [5, 5.41) is 3.63. The van der Waals surface area contributed by atoms with Gasteiger partial charge in [0.2, 0.25) is 0 Å². The Kier molecular flexibility index (Phi) is 4.10. The maximum absolute atomic E-state index is 11.9. The van der Waals surface area contributed by atoms with E-state index in [1.807, 2.05) is 19.9 Å². The van der Waals surface area contributed by atoms with Crippen molar-refractivity contribution in [3.8, 4) is 0 Å². The van der Waals surface area contributed by atoms with Gasteiger partial charge in [0, 0.05) is 18.0 Å². The molecule has 0 bridgehead atoms. The van der Waals surface area contributed by atoms with Crippen molar-refractivity contribution in [3.05, 3.63) is 65.0 Å². The molecule has 0 aliphatic rings. The van der Waals surface area contributed by atoms with Crippen LogP contribution in [0.2, 0.25) is 0 Å². The fraction of sp³-hybridized carbons (Fsp3) is 0.133. The largest absolute Gasteiger partial charge is 0.380 e. The van der Waals surface area contributed by atoms with Crippen LogP contribution < -0.4 is 5.73 Å². The number of benzene rings is 1. The molecule has 1 aromatic heterocycles. The molecule has 0 amide bonds. The predicted molar refractivity (Wildman–Crippen MR) is 76.3 cm³/mol. The number of amidine groups is 1. The molecule has 20 heavy (non-hydrogen) atoms. The number of aromatic nitrogens is 1. The van der Waals surface area contributed by atoms with Gasteiger partial charge in [0.1, 0.15) is 0 Å². The first kappa shape index (κ1) is 13.7. The number of nitrogens with two attached hydrogens (primary N) is 1. The second kappa shape index (κ2) is 5.97. The number of aryl methyl sites for hydroxylation is 2. The van der Waals surface area contributed by atoms with E-state index in [9.17, 15) is 4.79 Å². The summed E-state index contributed by atoms with van der Waals surface area (Å²) in [6, 6.07) is 8.92. The quantitative estimate of drug-likeness (QED) is 0.401. The third kappa shape index (κ3) is 3.41. The first-order valence-electron chi connectivity index (χ1n) is 6.10. The van der Waals surface area contributed by atoms with Crippen molar-refractivity contribution < 1.29 is 9.63 Å². The van der Waals surface area contributed by atoms with Gasteiger partial charge < -0.3 is 10.6 Å². The number of rotatable bonds is 3. The average molecular weight is 269 g/mol. The van der Waals surface area contributed by atoms with Gasteiger partial charge in [-0.3, -0.25) is 4.98 Å². The molecule has 0 spiro atoms. The molecule has 0 saturated heterocycles. The minimum absolute atomic E-state index is 0.107. The smallest absolute Gasteiger partial charge is 0.365 e. The van der Waals surface area contributed by atoms with E-state index in [0.29, 0.717) is 11.1 Å². The van der Waals surface area contributed by atoms with Gasteiger partial charge in [0.05, 0.1) is 5.56 Å². The summed E-state index contributed by atoms with van der Waals surface area (Å²) < 4.78 is 0. The summed E-state index contributed by atoms with van der Waals surface area (Å²) in [5.41, 5.74) is 8.74. The normalized spacial score (nSPS) is 11.2. The van der Waals surface area contributed by atoms with Gasteiger partial charge >= 0.3 is 5.97 Å². The Morgan fingerprint density at radius 1 is 1.20 bits per heavy atom. The van der Waals surface area contributed by atoms with Crippen LogP contribution in [0.3, 0.4) is 0 Å². The highest BCUT2D eigenvalue weighted by Gasteiger charge is 2.09. The second-order valence-electron chi connectivity index (χ2n) is 4.47. The molecule has 0 aliphatic carbocycles. The summed E-state index contributed by atoms with van der Waals surface area (Å²) in [5.74, 6) is -0.431. The van der Waals surface area contributed by atoms with E-state index in [1.54, 1.807) is 36.7 Å². The molecule has 0 aliphatic heterocycles. The SMILES string of the molecule is Cc1cc(C)cc(C(=O)O/N=C(\N)c2cccnc2)c1. The van der Waals surface area contributed by atoms with Crippen molar-refractivity contribution in [2.75, 3.05) is 0 Å². The molecule has 5 heteroatoms. The van der Waals surface area contributed by atoms with Crippen molar-refractivity contribution in [2.24, 2.45) is 10.9 Å². The van der Waals surface area contributed by atoms with Crippen LogP contribution in [-0.2, 0) is 4.84 Å². The number of carbonyl (C=O) groups excluding carboxylic acids is 1. The summed E-state index contributed by atoms with van der Waals surface area (Å²) in [4.78, 5) is 20.6. The van der Waals surface area contributed by atoms with Crippen molar-refractivity contribution in [2.45, 2.75) is 13.8 Å². The van der Waals surface area contributed by atoms with Gasteiger partial charge in [-0.1, -0.05) is 22.3 Å². The van der Waals surface area contributed by atoms with E-state index in [-0.39, 0.29) is 5.84 Å². The zero-order chi connectivity index (χ0) is 14.5. The van der Waals surface area contributed by atoms with E-state index in [2.05, 4.69) is 10.1 Å². The van der Waals surface area contributed by atoms with Crippen LogP contribution >= 0.6 is 0 Å². The molecule has 0 atom stereocenters. The van der Waals surface area contributed by atoms with E-state index >= 15 is 0 Å². The van der Waals surface area contributed by atoms with Gasteiger partial charge in [0.15, 0.2) is 5.84 Å². The molecule has 2 N–H and O–H groups in total. The maximum atomic E-state index is 11.9. The third-order valence-corrected chi connectivity index (χ3v) is 2.64. The van der Waals surface area contributed by atoms with Gasteiger partial charge in [-0.2, -0.15) is 0 Å². The van der Waals surface area contributed by atoms with E-state index in [0.717, 1.165) is 11.1 Å². The molecule has 0 unspecified atom stereocenters. The first-order chi connectivity index (χ1) is 9.56. The number of oxime groups is 1. The van der Waals surface area contributed by atoms with Crippen molar-refractivity contribution in [1.29, 1.82) is 0 Å². The number of pyridine rings is 1. The van der Waals surface area contributed by atoms with Crippen LogP contribution in [-0.4, -0.2) is 16.8 Å². The van der Waals surface area contributed by atoms with E-state index in [4.69, 9.17) is 10.6 Å². The Bertz CT molecular complexity index is 631. The lowest BCUT2D eigenvalue weighted by Crippen LogP contribution is -2.15. The van der Waals surface area contributed by atoms with Gasteiger partial charge in [-0.05, 0) is 38.1 Å². The number of carbonyl (C=O) groups is 1. The molecule has 2 aromatic rings. The number of nitrogens with zero attached hydrogens (tertiary/aromatic N) is 2. The van der Waals surface area contributed by atoms with Crippen LogP contribution in [0.1, 0.15) is 27.0 Å². The molecule has 1 heterocycles. The highest BCUT2D eigenvalue weighted by molar-refractivity contribution is 5.97. The van der Waals surface area contributed by atoms with Crippen molar-refractivity contribution in [1.82, 2.24) is 4.98 Å². The molecular weight excluding hydrogens is 254 g/mol. The Balaban J connectivity index is 2.12. The Morgan fingerprint density at radius 2 is 1.90 bits per heavy atom. The third-order valence-electron chi connectivity index (χ3n) is 2.64.